The Kier molecular flexibility index (Phi) is 3.11. The zero-order valence-corrected chi connectivity index (χ0v) is 10.8. The van der Waals surface area contributed by atoms with E-state index >= 15 is 0 Å². The molecule has 0 saturated carbocycles. The lowest BCUT2D eigenvalue weighted by atomic mass is 10.2. The summed E-state index contributed by atoms with van der Waals surface area (Å²) < 4.78 is 5.27. The van der Waals surface area contributed by atoms with Gasteiger partial charge in [-0.2, -0.15) is 0 Å². The smallest absolute Gasteiger partial charge is 0.278 e. The van der Waals surface area contributed by atoms with E-state index in [1.807, 2.05) is 0 Å². The van der Waals surface area contributed by atoms with Gasteiger partial charge in [-0.25, -0.2) is 9.97 Å². The molecule has 3 rings (SSSR count). The van der Waals surface area contributed by atoms with E-state index in [2.05, 4.69) is 20.6 Å². The van der Waals surface area contributed by atoms with Crippen molar-refractivity contribution in [1.82, 2.24) is 9.97 Å². The van der Waals surface area contributed by atoms with Gasteiger partial charge in [-0.15, -0.1) is 0 Å². The fourth-order valence-electron chi connectivity index (χ4n) is 1.87. The molecule has 1 aromatic heterocycles. The van der Waals surface area contributed by atoms with Crippen LogP contribution >= 0.6 is 0 Å². The molecule has 0 saturated heterocycles. The van der Waals surface area contributed by atoms with Gasteiger partial charge in [-0.1, -0.05) is 0 Å². The number of nitrogens with two attached hydrogens (primary N) is 1. The van der Waals surface area contributed by atoms with Crippen molar-refractivity contribution in [3.8, 4) is 5.75 Å². The average Bonchev–Trinajstić information content (AvgIpc) is 2.48. The first-order valence-electron chi connectivity index (χ1n) is 6.08. The van der Waals surface area contributed by atoms with Crippen LogP contribution in [0.1, 0.15) is 10.5 Å². The third kappa shape index (κ3) is 2.59. The normalized spacial score (nSPS) is 12.9. The highest BCUT2D eigenvalue weighted by atomic mass is 16.5. The van der Waals surface area contributed by atoms with E-state index < -0.39 is 5.91 Å². The van der Waals surface area contributed by atoms with Gasteiger partial charge in [-0.05, 0) is 12.1 Å². The predicted octanol–water partition coefficient (Wildman–Crippen LogP) is 0.642. The Balaban J connectivity index is 1.81. The number of nitrogens with one attached hydrogen (secondary N) is 2. The molecule has 0 bridgehead atoms. The number of carbonyl (C=O) groups is 2. The minimum atomic E-state index is -0.472. The Morgan fingerprint density at radius 3 is 2.95 bits per heavy atom. The fraction of sp³-hybridized carbons (Fsp3) is 0.0769. The van der Waals surface area contributed by atoms with Crippen molar-refractivity contribution in [1.29, 1.82) is 0 Å². The molecule has 4 N–H and O–H groups in total. The molecule has 0 radical (unpaired) electrons. The summed E-state index contributed by atoms with van der Waals surface area (Å²) in [4.78, 5) is 30.9. The molecular weight excluding hydrogens is 274 g/mol. The molecule has 0 unspecified atom stereocenters. The standard InChI is InChI=1S/C13H11N5O3/c14-12-11(15-3-4-16-12)13(20)17-7-1-2-8-9(5-7)21-6-10(19)18-8/h1-5H,6H2,(H2,14,16)(H,17,20)(H,18,19). The lowest BCUT2D eigenvalue weighted by molar-refractivity contribution is -0.118. The highest BCUT2D eigenvalue weighted by Gasteiger charge is 2.17. The van der Waals surface area contributed by atoms with Crippen molar-refractivity contribution in [2.45, 2.75) is 0 Å². The number of amides is 2. The van der Waals surface area contributed by atoms with Crippen LogP contribution in [0.2, 0.25) is 0 Å². The molecule has 0 fully saturated rings. The van der Waals surface area contributed by atoms with Crippen molar-refractivity contribution in [2.75, 3.05) is 23.0 Å². The minimum Gasteiger partial charge on any atom is -0.482 e. The molecule has 8 heteroatoms. The highest BCUT2D eigenvalue weighted by molar-refractivity contribution is 6.06. The molecule has 106 valence electrons. The van der Waals surface area contributed by atoms with Crippen molar-refractivity contribution in [3.63, 3.8) is 0 Å². The van der Waals surface area contributed by atoms with Crippen LogP contribution in [0.5, 0.6) is 5.75 Å². The molecule has 1 aliphatic rings. The van der Waals surface area contributed by atoms with Gasteiger partial charge in [0.05, 0.1) is 5.69 Å². The number of hydrogen-bond donors (Lipinski definition) is 3. The maximum Gasteiger partial charge on any atom is 0.278 e. The van der Waals surface area contributed by atoms with Crippen LogP contribution in [0.15, 0.2) is 30.6 Å². The second-order valence-electron chi connectivity index (χ2n) is 4.29. The number of nitrogen functional groups attached to an aromatic ring is 1. The number of fused-ring (bicyclic) bond motifs is 1. The zero-order chi connectivity index (χ0) is 14.8. The van der Waals surface area contributed by atoms with Gasteiger partial charge in [-0.3, -0.25) is 9.59 Å². The van der Waals surface area contributed by atoms with E-state index in [0.717, 1.165) is 0 Å². The summed E-state index contributed by atoms with van der Waals surface area (Å²) in [6.45, 7) is -0.0541. The Morgan fingerprint density at radius 1 is 1.33 bits per heavy atom. The second kappa shape index (κ2) is 5.08. The van der Waals surface area contributed by atoms with Crippen LogP contribution in [0.4, 0.5) is 17.2 Å². The van der Waals surface area contributed by atoms with Gasteiger partial charge in [0.1, 0.15) is 5.75 Å². The van der Waals surface area contributed by atoms with Gasteiger partial charge in [0, 0.05) is 24.1 Å². The largest absolute Gasteiger partial charge is 0.482 e. The van der Waals surface area contributed by atoms with Crippen LogP contribution in [0, 0.1) is 0 Å². The molecule has 1 aliphatic heterocycles. The van der Waals surface area contributed by atoms with Gasteiger partial charge < -0.3 is 21.1 Å². The fourth-order valence-corrected chi connectivity index (χ4v) is 1.87. The summed E-state index contributed by atoms with van der Waals surface area (Å²) in [6.07, 6.45) is 2.79. The Morgan fingerprint density at radius 2 is 2.14 bits per heavy atom. The number of hydrogen-bond acceptors (Lipinski definition) is 6. The van der Waals surface area contributed by atoms with E-state index in [9.17, 15) is 9.59 Å². The van der Waals surface area contributed by atoms with Gasteiger partial charge in [0.2, 0.25) is 0 Å². The Hall–Kier alpha value is -3.16. The molecule has 8 nitrogen and oxygen atoms in total. The third-order valence-corrected chi connectivity index (χ3v) is 2.81. The summed E-state index contributed by atoms with van der Waals surface area (Å²) in [6, 6.07) is 4.89. The number of rotatable bonds is 2. The van der Waals surface area contributed by atoms with Crippen LogP contribution < -0.4 is 21.1 Å². The first-order chi connectivity index (χ1) is 10.1. The SMILES string of the molecule is Nc1nccnc1C(=O)Nc1ccc2c(c1)OCC(=O)N2. The average molecular weight is 285 g/mol. The molecular formula is C13H11N5O3. The molecule has 2 amide bonds. The molecule has 1 aromatic carbocycles. The molecule has 2 aromatic rings. The Labute approximate surface area is 119 Å². The third-order valence-electron chi connectivity index (χ3n) is 2.81. The first-order valence-corrected chi connectivity index (χ1v) is 6.08. The second-order valence-corrected chi connectivity index (χ2v) is 4.29. The molecule has 2 heterocycles. The quantitative estimate of drug-likeness (QED) is 0.745. The first kappa shape index (κ1) is 12.9. The van der Waals surface area contributed by atoms with E-state index in [1.54, 1.807) is 18.2 Å². The number of benzene rings is 1. The van der Waals surface area contributed by atoms with E-state index in [4.69, 9.17) is 10.5 Å². The maximum absolute atomic E-state index is 12.1. The zero-order valence-electron chi connectivity index (χ0n) is 10.8. The summed E-state index contributed by atoms with van der Waals surface area (Å²) >= 11 is 0. The molecule has 21 heavy (non-hydrogen) atoms. The number of carbonyl (C=O) groups excluding carboxylic acids is 2. The highest BCUT2D eigenvalue weighted by Crippen LogP contribution is 2.30. The van der Waals surface area contributed by atoms with Crippen LogP contribution in [-0.4, -0.2) is 28.4 Å². The van der Waals surface area contributed by atoms with Crippen molar-refractivity contribution in [2.24, 2.45) is 0 Å². The number of aromatic nitrogens is 2. The monoisotopic (exact) mass is 285 g/mol. The summed E-state index contributed by atoms with van der Waals surface area (Å²) in [7, 11) is 0. The van der Waals surface area contributed by atoms with Gasteiger partial charge >= 0.3 is 0 Å². The van der Waals surface area contributed by atoms with Crippen molar-refractivity contribution in [3.05, 3.63) is 36.3 Å². The molecule has 0 atom stereocenters. The van der Waals surface area contributed by atoms with Crippen molar-refractivity contribution < 1.29 is 14.3 Å². The van der Waals surface area contributed by atoms with E-state index in [1.165, 1.54) is 12.4 Å². The summed E-state index contributed by atoms with van der Waals surface area (Å²) in [5.41, 5.74) is 6.70. The van der Waals surface area contributed by atoms with Crippen LogP contribution in [-0.2, 0) is 4.79 Å². The summed E-state index contributed by atoms with van der Waals surface area (Å²) in [5.74, 6) is -0.150. The van der Waals surface area contributed by atoms with Crippen LogP contribution in [0.3, 0.4) is 0 Å². The van der Waals surface area contributed by atoms with Crippen LogP contribution in [0.25, 0.3) is 0 Å². The Bertz CT molecular complexity index is 731. The molecule has 0 aliphatic carbocycles. The summed E-state index contributed by atoms with van der Waals surface area (Å²) in [5, 5.41) is 5.31. The number of nitrogens with zero attached hydrogens (tertiary/aromatic N) is 2. The topological polar surface area (TPSA) is 119 Å². The van der Waals surface area contributed by atoms with Crippen molar-refractivity contribution >= 4 is 29.0 Å². The number of ether oxygens (including phenoxy) is 1. The minimum absolute atomic E-state index is 0.0458. The van der Waals surface area contributed by atoms with E-state index in [0.29, 0.717) is 17.1 Å². The lowest BCUT2D eigenvalue weighted by Crippen LogP contribution is -2.25. The lowest BCUT2D eigenvalue weighted by Gasteiger charge is -2.18. The molecule has 0 spiro atoms. The number of anilines is 3. The maximum atomic E-state index is 12.1. The van der Waals surface area contributed by atoms with E-state index in [-0.39, 0.29) is 24.0 Å². The van der Waals surface area contributed by atoms with Gasteiger partial charge in [0.15, 0.2) is 18.1 Å². The predicted molar refractivity (Wildman–Crippen MR) is 75.0 cm³/mol. The van der Waals surface area contributed by atoms with Gasteiger partial charge in [0.25, 0.3) is 11.8 Å².